The Morgan fingerprint density at radius 2 is 2.06 bits per heavy atom. The van der Waals surface area contributed by atoms with Gasteiger partial charge >= 0.3 is 0 Å². The molecule has 0 atom stereocenters. The van der Waals surface area contributed by atoms with Crippen molar-refractivity contribution in [3.8, 4) is 11.5 Å². The Balaban J connectivity index is 2.14. The van der Waals surface area contributed by atoms with Gasteiger partial charge in [0.1, 0.15) is 0 Å². The first-order valence-corrected chi connectivity index (χ1v) is 5.95. The number of rotatable bonds is 4. The monoisotopic (exact) mass is 235 g/mol. The molecule has 1 heterocycles. The number of Topliss-reactive ketones (excluding diaryl/α,β-unsaturated/α-hetero) is 1. The molecule has 1 aromatic rings. The van der Waals surface area contributed by atoms with Crippen LogP contribution in [0.15, 0.2) is 18.2 Å². The molecule has 0 amide bonds. The van der Waals surface area contributed by atoms with Crippen molar-refractivity contribution in [3.05, 3.63) is 23.8 Å². The van der Waals surface area contributed by atoms with Gasteiger partial charge in [-0.2, -0.15) is 0 Å². The second kappa shape index (κ2) is 5.68. The number of hydrogen-bond donors (Lipinski definition) is 1. The van der Waals surface area contributed by atoms with Gasteiger partial charge in [0.2, 0.25) is 0 Å². The quantitative estimate of drug-likeness (QED) is 0.806. The van der Waals surface area contributed by atoms with Crippen molar-refractivity contribution >= 4 is 5.78 Å². The van der Waals surface area contributed by atoms with E-state index in [-0.39, 0.29) is 5.78 Å². The summed E-state index contributed by atoms with van der Waals surface area (Å²) >= 11 is 0. The number of likely N-dealkylation sites (N-methyl/N-ethyl adjacent to an activating group) is 1. The molecule has 4 heteroatoms. The highest BCUT2D eigenvalue weighted by Gasteiger charge is 2.13. The molecule has 1 aliphatic rings. The van der Waals surface area contributed by atoms with Gasteiger partial charge in [-0.1, -0.05) is 6.92 Å². The van der Waals surface area contributed by atoms with Crippen molar-refractivity contribution < 1.29 is 14.3 Å². The molecule has 0 aliphatic carbocycles. The van der Waals surface area contributed by atoms with Crippen LogP contribution >= 0.6 is 0 Å². The summed E-state index contributed by atoms with van der Waals surface area (Å²) < 4.78 is 11.1. The van der Waals surface area contributed by atoms with E-state index in [1.807, 2.05) is 6.92 Å². The molecule has 0 bridgehead atoms. The van der Waals surface area contributed by atoms with Crippen LogP contribution in [0.4, 0.5) is 0 Å². The van der Waals surface area contributed by atoms with Gasteiger partial charge in [-0.25, -0.2) is 0 Å². The molecule has 0 spiro atoms. The van der Waals surface area contributed by atoms with E-state index >= 15 is 0 Å². The van der Waals surface area contributed by atoms with Crippen molar-refractivity contribution in [1.29, 1.82) is 0 Å². The van der Waals surface area contributed by atoms with Crippen LogP contribution in [0.25, 0.3) is 0 Å². The fraction of sp³-hybridized carbons (Fsp3) is 0.462. The standard InChI is InChI=1S/C13H17NO3/c1-2-14-9-11(15)10-4-5-12-13(8-10)17-7-3-6-16-12/h4-5,8,14H,2-3,6-7,9H2,1H3. The fourth-order valence-corrected chi connectivity index (χ4v) is 1.68. The van der Waals surface area contributed by atoms with Crippen LogP contribution < -0.4 is 14.8 Å². The van der Waals surface area contributed by atoms with Crippen LogP contribution in [0.2, 0.25) is 0 Å². The number of ether oxygens (including phenoxy) is 2. The molecule has 2 rings (SSSR count). The SMILES string of the molecule is CCNCC(=O)c1ccc2c(c1)OCCCO2. The maximum atomic E-state index is 11.8. The first kappa shape index (κ1) is 11.9. The predicted molar refractivity (Wildman–Crippen MR) is 64.9 cm³/mol. The van der Waals surface area contributed by atoms with Gasteiger partial charge in [-0.15, -0.1) is 0 Å². The summed E-state index contributed by atoms with van der Waals surface area (Å²) in [4.78, 5) is 11.8. The first-order valence-electron chi connectivity index (χ1n) is 5.95. The van der Waals surface area contributed by atoms with E-state index in [4.69, 9.17) is 9.47 Å². The highest BCUT2D eigenvalue weighted by molar-refractivity contribution is 5.98. The van der Waals surface area contributed by atoms with Crippen LogP contribution in [-0.2, 0) is 0 Å². The number of benzene rings is 1. The summed E-state index contributed by atoms with van der Waals surface area (Å²) in [6, 6.07) is 5.35. The van der Waals surface area contributed by atoms with Crippen LogP contribution in [-0.4, -0.2) is 32.1 Å². The average molecular weight is 235 g/mol. The number of carbonyl (C=O) groups is 1. The largest absolute Gasteiger partial charge is 0.490 e. The molecule has 0 radical (unpaired) electrons. The second-order valence-corrected chi connectivity index (χ2v) is 3.92. The fourth-order valence-electron chi connectivity index (χ4n) is 1.68. The van der Waals surface area contributed by atoms with E-state index in [1.165, 1.54) is 0 Å². The lowest BCUT2D eigenvalue weighted by atomic mass is 10.1. The Bertz CT molecular complexity index is 404. The Kier molecular flexibility index (Phi) is 3.98. The van der Waals surface area contributed by atoms with Crippen LogP contribution in [0.1, 0.15) is 23.7 Å². The molecule has 1 aromatic carbocycles. The summed E-state index contributed by atoms with van der Waals surface area (Å²) in [6.45, 7) is 4.42. The van der Waals surface area contributed by atoms with E-state index in [1.54, 1.807) is 18.2 Å². The van der Waals surface area contributed by atoms with E-state index in [0.29, 0.717) is 31.1 Å². The van der Waals surface area contributed by atoms with E-state index in [2.05, 4.69) is 5.32 Å². The molecule has 1 aliphatic heterocycles. The first-order chi connectivity index (χ1) is 8.31. The molecule has 4 nitrogen and oxygen atoms in total. The summed E-state index contributed by atoms with van der Waals surface area (Å²) in [5.74, 6) is 1.47. The molecule has 17 heavy (non-hydrogen) atoms. The third-order valence-electron chi connectivity index (χ3n) is 2.61. The van der Waals surface area contributed by atoms with Crippen molar-refractivity contribution in [2.45, 2.75) is 13.3 Å². The number of carbonyl (C=O) groups excluding carboxylic acids is 1. The molecule has 0 unspecified atom stereocenters. The van der Waals surface area contributed by atoms with Crippen molar-refractivity contribution in [1.82, 2.24) is 5.32 Å². The lowest BCUT2D eigenvalue weighted by Crippen LogP contribution is -2.22. The third kappa shape index (κ3) is 2.97. The van der Waals surface area contributed by atoms with Gasteiger partial charge in [0.15, 0.2) is 17.3 Å². The Hall–Kier alpha value is -1.55. The maximum absolute atomic E-state index is 11.8. The zero-order valence-electron chi connectivity index (χ0n) is 9.99. The van der Waals surface area contributed by atoms with Gasteiger partial charge in [-0.05, 0) is 24.7 Å². The van der Waals surface area contributed by atoms with Gasteiger partial charge < -0.3 is 14.8 Å². The zero-order chi connectivity index (χ0) is 12.1. The third-order valence-corrected chi connectivity index (χ3v) is 2.61. The highest BCUT2D eigenvalue weighted by Crippen LogP contribution is 2.30. The van der Waals surface area contributed by atoms with Crippen LogP contribution in [0.5, 0.6) is 11.5 Å². The molecule has 0 fully saturated rings. The number of ketones is 1. The van der Waals surface area contributed by atoms with E-state index in [0.717, 1.165) is 18.7 Å². The molecule has 92 valence electrons. The summed E-state index contributed by atoms with van der Waals surface area (Å²) in [6.07, 6.45) is 0.870. The normalized spacial score (nSPS) is 14.2. The lowest BCUT2D eigenvalue weighted by Gasteiger charge is -2.08. The van der Waals surface area contributed by atoms with E-state index < -0.39 is 0 Å². The van der Waals surface area contributed by atoms with Crippen LogP contribution in [0.3, 0.4) is 0 Å². The average Bonchev–Trinajstić information content (AvgIpc) is 2.60. The molecule has 0 saturated carbocycles. The summed E-state index contributed by atoms with van der Waals surface area (Å²) in [7, 11) is 0. The second-order valence-electron chi connectivity index (χ2n) is 3.92. The van der Waals surface area contributed by atoms with Gasteiger partial charge in [0.05, 0.1) is 19.8 Å². The molecule has 0 saturated heterocycles. The molecular weight excluding hydrogens is 218 g/mol. The smallest absolute Gasteiger partial charge is 0.176 e. The van der Waals surface area contributed by atoms with Crippen molar-refractivity contribution in [2.75, 3.05) is 26.3 Å². The van der Waals surface area contributed by atoms with E-state index in [9.17, 15) is 4.79 Å². The zero-order valence-corrected chi connectivity index (χ0v) is 9.99. The van der Waals surface area contributed by atoms with Crippen molar-refractivity contribution in [3.63, 3.8) is 0 Å². The number of fused-ring (bicyclic) bond motifs is 1. The molecule has 1 N–H and O–H groups in total. The topological polar surface area (TPSA) is 47.6 Å². The minimum atomic E-state index is 0.0718. The van der Waals surface area contributed by atoms with Gasteiger partial charge in [-0.3, -0.25) is 4.79 Å². The van der Waals surface area contributed by atoms with Crippen LogP contribution in [0, 0.1) is 0 Å². The molecule has 0 aromatic heterocycles. The van der Waals surface area contributed by atoms with Gasteiger partial charge in [0, 0.05) is 12.0 Å². The Morgan fingerprint density at radius 1 is 1.29 bits per heavy atom. The molecular formula is C13H17NO3. The number of nitrogens with one attached hydrogen (secondary N) is 1. The minimum absolute atomic E-state index is 0.0718. The minimum Gasteiger partial charge on any atom is -0.490 e. The van der Waals surface area contributed by atoms with Gasteiger partial charge in [0.25, 0.3) is 0 Å². The summed E-state index contributed by atoms with van der Waals surface area (Å²) in [5, 5.41) is 3.02. The summed E-state index contributed by atoms with van der Waals surface area (Å²) in [5.41, 5.74) is 0.662. The Morgan fingerprint density at radius 3 is 2.82 bits per heavy atom. The number of hydrogen-bond acceptors (Lipinski definition) is 4. The lowest BCUT2D eigenvalue weighted by molar-refractivity contribution is 0.0991. The van der Waals surface area contributed by atoms with Crippen molar-refractivity contribution in [2.24, 2.45) is 0 Å². The predicted octanol–water partition coefficient (Wildman–Crippen LogP) is 1.64. The highest BCUT2D eigenvalue weighted by atomic mass is 16.5. The maximum Gasteiger partial charge on any atom is 0.176 e. The Labute approximate surface area is 101 Å².